The molecule has 0 bridgehead atoms. The molecule has 0 aliphatic carbocycles. The molecule has 1 saturated heterocycles. The first-order chi connectivity index (χ1) is 10.2. The largest absolute Gasteiger partial charge is 0.325 e. The molecule has 0 saturated carbocycles. The average Bonchev–Trinajstić information content (AvgIpc) is 3.02. The van der Waals surface area contributed by atoms with Gasteiger partial charge in [-0.05, 0) is 55.6 Å². The number of carbonyl (C=O) groups excluding carboxylic acids is 1. The summed E-state index contributed by atoms with van der Waals surface area (Å²) in [6, 6.07) is 11.8. The van der Waals surface area contributed by atoms with E-state index in [1.807, 2.05) is 53.4 Å². The first-order valence-electron chi connectivity index (χ1n) is 7.50. The average molecular weight is 283 g/mol. The standard InChI is InChI=1S/C17H21N3O/c1-13-7-8-18-16(11-13)17(21)19-14-5-4-6-15(12-14)20-9-2-3-10-20/h2-6,9-10,12-13,16,18H,7-8,11H2,1H3,(H,19,21). The number of nitrogens with one attached hydrogen (secondary N) is 2. The molecule has 2 N–H and O–H groups in total. The van der Waals surface area contributed by atoms with Crippen LogP contribution in [0.5, 0.6) is 0 Å². The minimum Gasteiger partial charge on any atom is -0.325 e. The molecular formula is C17H21N3O. The van der Waals surface area contributed by atoms with Gasteiger partial charge in [-0.15, -0.1) is 0 Å². The minimum atomic E-state index is -0.0796. The first kappa shape index (κ1) is 13.9. The van der Waals surface area contributed by atoms with Crippen LogP contribution >= 0.6 is 0 Å². The monoisotopic (exact) mass is 283 g/mol. The van der Waals surface area contributed by atoms with Crippen LogP contribution in [0.1, 0.15) is 19.8 Å². The van der Waals surface area contributed by atoms with Gasteiger partial charge in [0.15, 0.2) is 0 Å². The van der Waals surface area contributed by atoms with Gasteiger partial charge in [-0.2, -0.15) is 0 Å². The van der Waals surface area contributed by atoms with Crippen LogP contribution in [0, 0.1) is 5.92 Å². The summed E-state index contributed by atoms with van der Waals surface area (Å²) in [4.78, 5) is 12.3. The molecule has 4 nitrogen and oxygen atoms in total. The summed E-state index contributed by atoms with van der Waals surface area (Å²) in [6.07, 6.45) is 6.03. The zero-order chi connectivity index (χ0) is 14.7. The number of carbonyl (C=O) groups is 1. The van der Waals surface area contributed by atoms with Crippen molar-refractivity contribution in [3.8, 4) is 5.69 Å². The number of piperidine rings is 1. The van der Waals surface area contributed by atoms with Crippen molar-refractivity contribution in [2.75, 3.05) is 11.9 Å². The highest BCUT2D eigenvalue weighted by atomic mass is 16.2. The van der Waals surface area contributed by atoms with Gasteiger partial charge < -0.3 is 15.2 Å². The molecule has 2 atom stereocenters. The van der Waals surface area contributed by atoms with Crippen LogP contribution in [0.15, 0.2) is 48.8 Å². The lowest BCUT2D eigenvalue weighted by Gasteiger charge is -2.27. The van der Waals surface area contributed by atoms with Gasteiger partial charge in [-0.3, -0.25) is 4.79 Å². The molecule has 1 aliphatic heterocycles. The van der Waals surface area contributed by atoms with Crippen molar-refractivity contribution in [1.29, 1.82) is 0 Å². The van der Waals surface area contributed by atoms with E-state index in [-0.39, 0.29) is 11.9 Å². The van der Waals surface area contributed by atoms with Gasteiger partial charge in [-0.1, -0.05) is 13.0 Å². The van der Waals surface area contributed by atoms with E-state index >= 15 is 0 Å². The van der Waals surface area contributed by atoms with Crippen molar-refractivity contribution < 1.29 is 4.79 Å². The molecule has 1 aromatic heterocycles. The number of aromatic nitrogens is 1. The highest BCUT2D eigenvalue weighted by molar-refractivity contribution is 5.95. The Morgan fingerprint density at radius 2 is 2.10 bits per heavy atom. The third-order valence-electron chi connectivity index (χ3n) is 4.00. The van der Waals surface area contributed by atoms with Crippen molar-refractivity contribution in [2.45, 2.75) is 25.8 Å². The quantitative estimate of drug-likeness (QED) is 0.910. The summed E-state index contributed by atoms with van der Waals surface area (Å²) >= 11 is 0. The normalized spacial score (nSPS) is 22.0. The van der Waals surface area contributed by atoms with Gasteiger partial charge in [0.05, 0.1) is 6.04 Å². The fourth-order valence-electron chi connectivity index (χ4n) is 2.79. The maximum atomic E-state index is 12.3. The third-order valence-corrected chi connectivity index (χ3v) is 4.00. The van der Waals surface area contributed by atoms with E-state index < -0.39 is 0 Å². The first-order valence-corrected chi connectivity index (χ1v) is 7.50. The van der Waals surface area contributed by atoms with Crippen LogP contribution in [0.4, 0.5) is 5.69 Å². The van der Waals surface area contributed by atoms with Gasteiger partial charge >= 0.3 is 0 Å². The van der Waals surface area contributed by atoms with Gasteiger partial charge in [0.25, 0.3) is 0 Å². The molecule has 1 fully saturated rings. The molecule has 2 aromatic rings. The summed E-state index contributed by atoms with van der Waals surface area (Å²) < 4.78 is 2.02. The summed E-state index contributed by atoms with van der Waals surface area (Å²) in [5.41, 5.74) is 1.88. The minimum absolute atomic E-state index is 0.0613. The Labute approximate surface area is 125 Å². The van der Waals surface area contributed by atoms with Gasteiger partial charge in [-0.25, -0.2) is 0 Å². The summed E-state index contributed by atoms with van der Waals surface area (Å²) in [5, 5.41) is 6.31. The third kappa shape index (κ3) is 3.34. The van der Waals surface area contributed by atoms with Crippen LogP contribution in [-0.4, -0.2) is 23.1 Å². The van der Waals surface area contributed by atoms with Crippen molar-refractivity contribution in [1.82, 2.24) is 9.88 Å². The lowest BCUT2D eigenvalue weighted by molar-refractivity contribution is -0.119. The lowest BCUT2D eigenvalue weighted by Crippen LogP contribution is -2.45. The molecule has 1 amide bonds. The van der Waals surface area contributed by atoms with Crippen LogP contribution in [0.25, 0.3) is 5.69 Å². The van der Waals surface area contributed by atoms with E-state index in [1.165, 1.54) is 0 Å². The number of amides is 1. The molecule has 2 unspecified atom stereocenters. The molecule has 2 heterocycles. The second kappa shape index (κ2) is 6.14. The van der Waals surface area contributed by atoms with E-state index in [9.17, 15) is 4.79 Å². The zero-order valence-electron chi connectivity index (χ0n) is 12.3. The number of anilines is 1. The van der Waals surface area contributed by atoms with Gasteiger partial charge in [0, 0.05) is 23.8 Å². The maximum Gasteiger partial charge on any atom is 0.241 e. The number of rotatable bonds is 3. The second-order valence-electron chi connectivity index (χ2n) is 5.77. The van der Waals surface area contributed by atoms with Crippen LogP contribution in [-0.2, 0) is 4.79 Å². The van der Waals surface area contributed by atoms with Crippen molar-refractivity contribution in [3.63, 3.8) is 0 Å². The number of benzene rings is 1. The molecular weight excluding hydrogens is 262 g/mol. The Kier molecular flexibility index (Phi) is 4.06. The molecule has 1 aliphatic rings. The Morgan fingerprint density at radius 3 is 2.86 bits per heavy atom. The highest BCUT2D eigenvalue weighted by Gasteiger charge is 2.24. The van der Waals surface area contributed by atoms with E-state index in [2.05, 4.69) is 17.6 Å². The molecule has 0 radical (unpaired) electrons. The summed E-state index contributed by atoms with van der Waals surface area (Å²) in [6.45, 7) is 3.12. The SMILES string of the molecule is CC1CCNC(C(=O)Nc2cccc(-n3cccc3)c2)C1. The summed E-state index contributed by atoms with van der Waals surface area (Å²) in [7, 11) is 0. The lowest BCUT2D eigenvalue weighted by atomic mass is 9.94. The fourth-order valence-corrected chi connectivity index (χ4v) is 2.79. The molecule has 110 valence electrons. The Morgan fingerprint density at radius 1 is 1.29 bits per heavy atom. The van der Waals surface area contributed by atoms with Crippen molar-refractivity contribution >= 4 is 11.6 Å². The zero-order valence-corrected chi connectivity index (χ0v) is 12.3. The highest BCUT2D eigenvalue weighted by Crippen LogP contribution is 2.18. The molecule has 3 rings (SSSR count). The number of nitrogens with zero attached hydrogens (tertiary/aromatic N) is 1. The smallest absolute Gasteiger partial charge is 0.241 e. The molecule has 21 heavy (non-hydrogen) atoms. The predicted molar refractivity (Wildman–Crippen MR) is 84.6 cm³/mol. The molecule has 1 aromatic carbocycles. The van der Waals surface area contributed by atoms with Crippen LogP contribution < -0.4 is 10.6 Å². The van der Waals surface area contributed by atoms with E-state index in [0.29, 0.717) is 5.92 Å². The van der Waals surface area contributed by atoms with Crippen LogP contribution in [0.3, 0.4) is 0 Å². The number of hydrogen-bond acceptors (Lipinski definition) is 2. The van der Waals surface area contributed by atoms with Gasteiger partial charge in [0.2, 0.25) is 5.91 Å². The van der Waals surface area contributed by atoms with Crippen molar-refractivity contribution in [2.24, 2.45) is 5.92 Å². The fraction of sp³-hybridized carbons (Fsp3) is 0.353. The Balaban J connectivity index is 1.70. The Bertz CT molecular complexity index is 606. The van der Waals surface area contributed by atoms with Gasteiger partial charge in [0.1, 0.15) is 0 Å². The van der Waals surface area contributed by atoms with E-state index in [1.54, 1.807) is 0 Å². The van der Waals surface area contributed by atoms with Crippen molar-refractivity contribution in [3.05, 3.63) is 48.8 Å². The van der Waals surface area contributed by atoms with Crippen LogP contribution in [0.2, 0.25) is 0 Å². The summed E-state index contributed by atoms with van der Waals surface area (Å²) in [5.74, 6) is 0.666. The van der Waals surface area contributed by atoms with E-state index in [0.717, 1.165) is 30.8 Å². The maximum absolute atomic E-state index is 12.3. The van der Waals surface area contributed by atoms with E-state index in [4.69, 9.17) is 0 Å². The predicted octanol–water partition coefficient (Wildman–Crippen LogP) is 2.80. The molecule has 4 heteroatoms. The second-order valence-corrected chi connectivity index (χ2v) is 5.77. The Hall–Kier alpha value is -2.07. The number of hydrogen-bond donors (Lipinski definition) is 2. The molecule has 0 spiro atoms. The topological polar surface area (TPSA) is 46.1 Å².